The molecule has 5 rings (SSSR count). The quantitative estimate of drug-likeness (QED) is 0.869. The molecule has 2 aromatic rings. The molecule has 1 saturated heterocycles. The van der Waals surface area contributed by atoms with E-state index in [-0.39, 0.29) is 6.10 Å². The van der Waals surface area contributed by atoms with Gasteiger partial charge in [-0.1, -0.05) is 65.8 Å². The first-order valence-corrected chi connectivity index (χ1v) is 8.47. The summed E-state index contributed by atoms with van der Waals surface area (Å²) in [6.07, 6.45) is 1.49. The normalized spacial score (nSPS) is 31.7. The third kappa shape index (κ3) is 2.11. The molecule has 0 radical (unpaired) electrons. The van der Waals surface area contributed by atoms with Crippen molar-refractivity contribution < 1.29 is 4.84 Å². The number of nitrogens with zero attached hydrogens (tertiary/aromatic N) is 2. The van der Waals surface area contributed by atoms with Crippen LogP contribution in [0.4, 0.5) is 0 Å². The van der Waals surface area contributed by atoms with Gasteiger partial charge >= 0.3 is 0 Å². The van der Waals surface area contributed by atoms with E-state index in [4.69, 9.17) is 4.84 Å². The predicted molar refractivity (Wildman–Crippen MR) is 90.1 cm³/mol. The molecule has 2 heterocycles. The Balaban J connectivity index is 1.36. The summed E-state index contributed by atoms with van der Waals surface area (Å²) in [5, 5.41) is 4.46. The number of fused-ring (bicyclic) bond motifs is 5. The van der Waals surface area contributed by atoms with Crippen LogP contribution < -0.4 is 0 Å². The van der Waals surface area contributed by atoms with Crippen molar-refractivity contribution in [3.05, 3.63) is 71.8 Å². The van der Waals surface area contributed by atoms with Gasteiger partial charge in [0.25, 0.3) is 0 Å². The van der Waals surface area contributed by atoms with Crippen LogP contribution in [0, 0.1) is 11.8 Å². The zero-order valence-electron chi connectivity index (χ0n) is 13.0. The molecule has 2 fully saturated rings. The van der Waals surface area contributed by atoms with Gasteiger partial charge in [0.05, 0.1) is 17.7 Å². The average Bonchev–Trinajstić information content (AvgIpc) is 3.28. The van der Waals surface area contributed by atoms with Gasteiger partial charge < -0.3 is 4.84 Å². The van der Waals surface area contributed by atoms with Crippen molar-refractivity contribution in [3.8, 4) is 0 Å². The minimum absolute atomic E-state index is 0.243. The second-order valence-corrected chi connectivity index (χ2v) is 6.92. The van der Waals surface area contributed by atoms with Crippen LogP contribution in [-0.2, 0) is 11.4 Å². The van der Waals surface area contributed by atoms with Crippen LogP contribution in [0.5, 0.6) is 0 Å². The van der Waals surface area contributed by atoms with Crippen LogP contribution in [0.2, 0.25) is 0 Å². The molecule has 2 aromatic carbocycles. The minimum Gasteiger partial charge on any atom is -0.390 e. The summed E-state index contributed by atoms with van der Waals surface area (Å²) in [5.74, 6) is 1.16. The van der Waals surface area contributed by atoms with Gasteiger partial charge in [-0.25, -0.2) is 0 Å². The van der Waals surface area contributed by atoms with E-state index in [2.05, 4.69) is 70.7 Å². The van der Waals surface area contributed by atoms with Gasteiger partial charge in [0.2, 0.25) is 0 Å². The van der Waals surface area contributed by atoms with E-state index in [0.717, 1.165) is 13.1 Å². The van der Waals surface area contributed by atoms with E-state index < -0.39 is 0 Å². The van der Waals surface area contributed by atoms with Crippen molar-refractivity contribution in [2.24, 2.45) is 17.0 Å². The van der Waals surface area contributed by atoms with Gasteiger partial charge in [-0.05, 0) is 23.5 Å². The van der Waals surface area contributed by atoms with Gasteiger partial charge in [0.1, 0.15) is 0 Å². The van der Waals surface area contributed by atoms with E-state index in [0.29, 0.717) is 17.9 Å². The van der Waals surface area contributed by atoms with Crippen LogP contribution in [0.15, 0.2) is 65.8 Å². The molecule has 116 valence electrons. The van der Waals surface area contributed by atoms with Crippen molar-refractivity contribution in [3.63, 3.8) is 0 Å². The second kappa shape index (κ2) is 5.20. The fourth-order valence-electron chi connectivity index (χ4n) is 4.63. The molecule has 0 unspecified atom stereocenters. The Kier molecular flexibility index (Phi) is 3.01. The van der Waals surface area contributed by atoms with Gasteiger partial charge in [-0.3, -0.25) is 4.90 Å². The summed E-state index contributed by atoms with van der Waals surface area (Å²) in [6.45, 7) is 2.19. The summed E-state index contributed by atoms with van der Waals surface area (Å²) in [6, 6.07) is 21.8. The molecule has 0 amide bonds. The Hall–Kier alpha value is -2.13. The van der Waals surface area contributed by atoms with Gasteiger partial charge in [-0.2, -0.15) is 0 Å². The number of hydrogen-bond acceptors (Lipinski definition) is 3. The molecule has 0 spiro atoms. The fraction of sp³-hybridized carbons (Fsp3) is 0.350. The van der Waals surface area contributed by atoms with Crippen LogP contribution in [-0.4, -0.2) is 29.3 Å². The number of oxime groups is 1. The molecule has 0 N–H and O–H groups in total. The summed E-state index contributed by atoms with van der Waals surface area (Å²) >= 11 is 0. The smallest absolute Gasteiger partial charge is 0.151 e. The van der Waals surface area contributed by atoms with Crippen molar-refractivity contribution in [1.82, 2.24) is 4.90 Å². The van der Waals surface area contributed by atoms with E-state index in [9.17, 15) is 0 Å². The Morgan fingerprint density at radius 1 is 1.00 bits per heavy atom. The van der Waals surface area contributed by atoms with E-state index in [1.165, 1.54) is 23.3 Å². The predicted octanol–water partition coefficient (Wildman–Crippen LogP) is 3.31. The molecule has 4 atom stereocenters. The Labute approximate surface area is 136 Å². The molecule has 3 aliphatic rings. The lowest BCUT2D eigenvalue weighted by Gasteiger charge is -2.33. The number of hydrogen-bond donors (Lipinski definition) is 0. The highest BCUT2D eigenvalue weighted by molar-refractivity contribution is 6.03. The zero-order chi connectivity index (χ0) is 15.2. The van der Waals surface area contributed by atoms with Crippen molar-refractivity contribution in [2.45, 2.75) is 25.1 Å². The van der Waals surface area contributed by atoms with E-state index >= 15 is 0 Å². The van der Waals surface area contributed by atoms with Crippen molar-refractivity contribution in [1.29, 1.82) is 0 Å². The fourth-order valence-corrected chi connectivity index (χ4v) is 4.63. The monoisotopic (exact) mass is 304 g/mol. The summed E-state index contributed by atoms with van der Waals surface area (Å²) in [7, 11) is 0. The zero-order valence-corrected chi connectivity index (χ0v) is 13.0. The molecule has 3 nitrogen and oxygen atoms in total. The molecule has 2 bridgehead atoms. The lowest BCUT2D eigenvalue weighted by atomic mass is 9.85. The first-order valence-electron chi connectivity index (χ1n) is 8.47. The molecule has 1 saturated carbocycles. The maximum Gasteiger partial charge on any atom is 0.151 e. The van der Waals surface area contributed by atoms with Crippen LogP contribution in [0.25, 0.3) is 0 Å². The van der Waals surface area contributed by atoms with E-state index in [1.54, 1.807) is 0 Å². The lowest BCUT2D eigenvalue weighted by molar-refractivity contribution is -0.00643. The second-order valence-electron chi connectivity index (χ2n) is 6.92. The molecule has 0 aromatic heterocycles. The van der Waals surface area contributed by atoms with Gasteiger partial charge in [-0.15, -0.1) is 0 Å². The van der Waals surface area contributed by atoms with Crippen LogP contribution in [0.1, 0.15) is 17.5 Å². The molecule has 1 aliphatic carbocycles. The summed E-state index contributed by atoms with van der Waals surface area (Å²) in [4.78, 5) is 8.48. The largest absolute Gasteiger partial charge is 0.390 e. The van der Waals surface area contributed by atoms with E-state index in [1.807, 2.05) is 0 Å². The maximum absolute atomic E-state index is 5.89. The topological polar surface area (TPSA) is 24.8 Å². The molecule has 2 aliphatic heterocycles. The SMILES string of the molecule is c1ccc(CN2C[C@@H]3C[C@H]2[C@H]2ON=C(c4ccccc4)[C@@H]32)cc1. The highest BCUT2D eigenvalue weighted by Crippen LogP contribution is 2.48. The minimum atomic E-state index is 0.243. The summed E-state index contributed by atoms with van der Waals surface area (Å²) in [5.41, 5.74) is 3.78. The third-order valence-electron chi connectivity index (χ3n) is 5.61. The number of rotatable bonds is 3. The highest BCUT2D eigenvalue weighted by atomic mass is 16.6. The number of likely N-dealkylation sites (tertiary alicyclic amines) is 1. The average molecular weight is 304 g/mol. The number of benzene rings is 2. The number of piperidine rings is 1. The maximum atomic E-state index is 5.89. The molecule has 3 heteroatoms. The van der Waals surface area contributed by atoms with Crippen molar-refractivity contribution in [2.75, 3.05) is 6.54 Å². The lowest BCUT2D eigenvalue weighted by Crippen LogP contribution is -2.46. The van der Waals surface area contributed by atoms with Crippen LogP contribution in [0.3, 0.4) is 0 Å². The van der Waals surface area contributed by atoms with Gasteiger partial charge in [0.15, 0.2) is 6.10 Å². The Morgan fingerprint density at radius 2 is 1.74 bits per heavy atom. The third-order valence-corrected chi connectivity index (χ3v) is 5.61. The summed E-state index contributed by atoms with van der Waals surface area (Å²) < 4.78 is 0. The standard InChI is InChI=1S/C20H20N2O/c1-3-7-14(8-4-1)12-22-13-16-11-17(22)20-18(16)19(21-23-20)15-9-5-2-6-10-15/h1-10,16-18,20H,11-13H2/t16-,17-,18+,20+/m0/s1. The Morgan fingerprint density at radius 3 is 2.52 bits per heavy atom. The Bertz CT molecular complexity index is 728. The first-order chi connectivity index (χ1) is 11.4. The molecule has 23 heavy (non-hydrogen) atoms. The molecular weight excluding hydrogens is 284 g/mol. The first kappa shape index (κ1) is 13.3. The van der Waals surface area contributed by atoms with Gasteiger partial charge in [0, 0.05) is 13.1 Å². The highest BCUT2D eigenvalue weighted by Gasteiger charge is 2.57. The molecular formula is C20H20N2O. The van der Waals surface area contributed by atoms with Crippen LogP contribution >= 0.6 is 0 Å². The van der Waals surface area contributed by atoms with Crippen molar-refractivity contribution >= 4 is 5.71 Å².